The molecule has 1 aliphatic rings. The van der Waals surface area contributed by atoms with Crippen molar-refractivity contribution in [2.45, 2.75) is 40.7 Å². The van der Waals surface area contributed by atoms with Crippen molar-refractivity contribution in [3.63, 3.8) is 0 Å². The van der Waals surface area contributed by atoms with Crippen molar-refractivity contribution in [1.29, 1.82) is 0 Å². The molecular weight excluding hydrogens is 636 g/mol. The smallest absolute Gasteiger partial charge is 0.251 e. The fourth-order valence-electron chi connectivity index (χ4n) is 4.20. The Kier molecular flexibility index (Phi) is 10.1. The van der Waals surface area contributed by atoms with Crippen LogP contribution in [0.25, 0.3) is 5.69 Å². The van der Waals surface area contributed by atoms with E-state index in [1.54, 1.807) is 16.7 Å². The van der Waals surface area contributed by atoms with Gasteiger partial charge in [-0.3, -0.25) is 19.5 Å². The first-order valence-electron chi connectivity index (χ1n) is 13.2. The van der Waals surface area contributed by atoms with Crippen LogP contribution in [0.3, 0.4) is 0 Å². The van der Waals surface area contributed by atoms with Gasteiger partial charge < -0.3 is 5.32 Å². The number of rotatable bonds is 12. The molecule has 0 spiro atoms. The Hall–Kier alpha value is -3.38. The number of nitrogens with one attached hydrogen (secondary N) is 2. The minimum atomic E-state index is -3.59. The summed E-state index contributed by atoms with van der Waals surface area (Å²) in [5.74, 6) is 0.0108. The van der Waals surface area contributed by atoms with E-state index in [2.05, 4.69) is 31.0 Å². The highest BCUT2D eigenvalue weighted by Crippen LogP contribution is 2.26. The molecule has 226 valence electrons. The topological polar surface area (TPSA) is 152 Å². The van der Waals surface area contributed by atoms with Crippen molar-refractivity contribution in [2.75, 3.05) is 29.9 Å². The van der Waals surface area contributed by atoms with Crippen LogP contribution in [0.15, 0.2) is 62.9 Å². The Bertz CT molecular complexity index is 1690. The lowest BCUT2D eigenvalue weighted by atomic mass is 10.2. The van der Waals surface area contributed by atoms with Gasteiger partial charge in [-0.2, -0.15) is 4.31 Å². The van der Waals surface area contributed by atoms with Crippen LogP contribution in [-0.2, 0) is 21.4 Å². The minimum Gasteiger partial charge on any atom is -0.345 e. The van der Waals surface area contributed by atoms with Gasteiger partial charge in [0.15, 0.2) is 15.3 Å². The Morgan fingerprint density at radius 1 is 0.977 bits per heavy atom. The molecule has 2 aromatic carbocycles. The van der Waals surface area contributed by atoms with E-state index in [4.69, 9.17) is 0 Å². The number of anilines is 1. The molecule has 2 N–H and O–H groups in total. The Morgan fingerprint density at radius 3 is 2.40 bits per heavy atom. The van der Waals surface area contributed by atoms with Crippen LogP contribution >= 0.6 is 34.9 Å². The molecule has 0 unspecified atom stereocenters. The van der Waals surface area contributed by atoms with E-state index < -0.39 is 21.7 Å². The zero-order chi connectivity index (χ0) is 30.4. The summed E-state index contributed by atoms with van der Waals surface area (Å²) < 4.78 is 43.1. The third kappa shape index (κ3) is 7.59. The summed E-state index contributed by atoms with van der Waals surface area (Å²) in [4.78, 5) is 25.6. The first-order chi connectivity index (χ1) is 20.7. The third-order valence-electron chi connectivity index (χ3n) is 6.26. The largest absolute Gasteiger partial charge is 0.345 e. The lowest BCUT2D eigenvalue weighted by molar-refractivity contribution is -0.113. The maximum Gasteiger partial charge on any atom is 0.251 e. The van der Waals surface area contributed by atoms with Gasteiger partial charge in [-0.1, -0.05) is 41.8 Å². The lowest BCUT2D eigenvalue weighted by Gasteiger charge is -2.15. The number of aromatic nitrogens is 5. The number of carbonyl (C=O) groups excluding carboxylic acids is 2. The molecule has 1 fully saturated rings. The van der Waals surface area contributed by atoms with E-state index in [1.165, 1.54) is 63.8 Å². The zero-order valence-corrected chi connectivity index (χ0v) is 26.2. The molecule has 5 rings (SSSR count). The molecule has 17 heteroatoms. The molecule has 0 bridgehead atoms. The highest BCUT2D eigenvalue weighted by molar-refractivity contribution is 8.01. The van der Waals surface area contributed by atoms with Gasteiger partial charge in [-0.05, 0) is 67.1 Å². The summed E-state index contributed by atoms with van der Waals surface area (Å²) >= 11 is 3.94. The van der Waals surface area contributed by atoms with Crippen molar-refractivity contribution < 1.29 is 22.4 Å². The van der Waals surface area contributed by atoms with Gasteiger partial charge in [0, 0.05) is 24.3 Å². The molecule has 1 aliphatic heterocycles. The molecule has 0 saturated carbocycles. The molecular formula is C26H27FN8O4S4. The van der Waals surface area contributed by atoms with E-state index in [0.717, 1.165) is 34.7 Å². The van der Waals surface area contributed by atoms with Gasteiger partial charge in [-0.15, -0.1) is 20.4 Å². The standard InChI is InChI=1S/C26H27FN8O4S4/c1-2-40-26-33-31-24(42-26)29-22(36)16-41-25-32-30-21(35(25)19-9-7-18(27)8-10-19)15-28-23(37)17-5-11-20(12-6-17)43(38,39)34-13-3-4-14-34/h5-12H,2-4,13-16H2,1H3,(H,28,37)(H,29,31,36). The van der Waals surface area contributed by atoms with Crippen LogP contribution in [0, 0.1) is 5.82 Å². The quantitative estimate of drug-likeness (QED) is 0.169. The monoisotopic (exact) mass is 662 g/mol. The number of halogens is 1. The Morgan fingerprint density at radius 2 is 1.70 bits per heavy atom. The van der Waals surface area contributed by atoms with E-state index in [9.17, 15) is 22.4 Å². The maximum atomic E-state index is 13.7. The molecule has 0 radical (unpaired) electrons. The summed E-state index contributed by atoms with van der Waals surface area (Å²) in [5.41, 5.74) is 0.817. The number of thioether (sulfide) groups is 2. The van der Waals surface area contributed by atoms with Gasteiger partial charge in [-0.25, -0.2) is 12.8 Å². The molecule has 2 amide bonds. The SMILES string of the molecule is CCSc1nnc(NC(=O)CSc2nnc(CNC(=O)c3ccc(S(=O)(=O)N4CCCC4)cc3)n2-c2ccc(F)cc2)s1. The number of carbonyl (C=O) groups is 2. The molecule has 12 nitrogen and oxygen atoms in total. The van der Waals surface area contributed by atoms with Crippen molar-refractivity contribution >= 4 is 61.8 Å². The average Bonchev–Trinajstić information content (AvgIpc) is 3.78. The lowest BCUT2D eigenvalue weighted by Crippen LogP contribution is -2.28. The molecule has 4 aromatic rings. The van der Waals surface area contributed by atoms with E-state index >= 15 is 0 Å². The highest BCUT2D eigenvalue weighted by Gasteiger charge is 2.27. The minimum absolute atomic E-state index is 0.00575. The number of nitrogens with zero attached hydrogens (tertiary/aromatic N) is 6. The summed E-state index contributed by atoms with van der Waals surface area (Å²) in [6, 6.07) is 11.4. The van der Waals surface area contributed by atoms with Gasteiger partial charge in [0.25, 0.3) is 5.91 Å². The predicted molar refractivity (Wildman–Crippen MR) is 163 cm³/mol. The molecule has 1 saturated heterocycles. The Balaban J connectivity index is 1.26. The highest BCUT2D eigenvalue weighted by atomic mass is 32.2. The van der Waals surface area contributed by atoms with Crippen LogP contribution in [0.5, 0.6) is 0 Å². The van der Waals surface area contributed by atoms with Gasteiger partial charge in [0.1, 0.15) is 5.82 Å². The zero-order valence-electron chi connectivity index (χ0n) is 22.9. The first-order valence-corrected chi connectivity index (χ1v) is 17.4. The van der Waals surface area contributed by atoms with Crippen molar-refractivity contribution in [3.05, 3.63) is 65.7 Å². The van der Waals surface area contributed by atoms with Crippen LogP contribution in [0.4, 0.5) is 9.52 Å². The number of sulfonamides is 1. The van der Waals surface area contributed by atoms with Crippen molar-refractivity contribution in [2.24, 2.45) is 0 Å². The van der Waals surface area contributed by atoms with Crippen LogP contribution in [0.1, 0.15) is 35.9 Å². The second-order valence-corrected chi connectivity index (χ2v) is 14.5. The normalized spacial score (nSPS) is 13.7. The molecule has 43 heavy (non-hydrogen) atoms. The maximum absolute atomic E-state index is 13.7. The summed E-state index contributed by atoms with van der Waals surface area (Å²) in [7, 11) is -3.59. The van der Waals surface area contributed by atoms with E-state index in [0.29, 0.717) is 34.9 Å². The summed E-state index contributed by atoms with van der Waals surface area (Å²) in [5, 5.41) is 22.6. The molecule has 0 atom stereocenters. The van der Waals surface area contributed by atoms with Gasteiger partial charge in [0.05, 0.1) is 17.2 Å². The van der Waals surface area contributed by atoms with Gasteiger partial charge >= 0.3 is 0 Å². The summed E-state index contributed by atoms with van der Waals surface area (Å²) in [6.07, 6.45) is 1.67. The van der Waals surface area contributed by atoms with E-state index in [-0.39, 0.29) is 28.7 Å². The van der Waals surface area contributed by atoms with Crippen LogP contribution in [0.2, 0.25) is 0 Å². The Labute approximate surface area is 259 Å². The molecule has 3 heterocycles. The fourth-order valence-corrected chi connectivity index (χ4v) is 8.16. The van der Waals surface area contributed by atoms with Crippen LogP contribution < -0.4 is 10.6 Å². The number of hydrogen-bond donors (Lipinski definition) is 2. The van der Waals surface area contributed by atoms with Crippen LogP contribution in [-0.4, -0.2) is 74.1 Å². The first kappa shape index (κ1) is 31.1. The van der Waals surface area contributed by atoms with Gasteiger partial charge in [0.2, 0.25) is 21.1 Å². The van der Waals surface area contributed by atoms with Crippen molar-refractivity contribution in [3.8, 4) is 5.69 Å². The second kappa shape index (κ2) is 13.9. The average molecular weight is 663 g/mol. The molecule has 2 aromatic heterocycles. The summed E-state index contributed by atoms with van der Waals surface area (Å²) in [6.45, 7) is 2.95. The predicted octanol–water partition coefficient (Wildman–Crippen LogP) is 3.82. The molecule has 0 aliphatic carbocycles. The fraction of sp³-hybridized carbons (Fsp3) is 0.308. The number of amides is 2. The number of hydrogen-bond acceptors (Lipinski definition) is 11. The van der Waals surface area contributed by atoms with Crippen molar-refractivity contribution in [1.82, 2.24) is 34.6 Å². The second-order valence-electron chi connectivity index (χ2n) is 9.17. The number of benzene rings is 2. The third-order valence-corrected chi connectivity index (χ3v) is 11.0. The van der Waals surface area contributed by atoms with E-state index in [1.807, 2.05) is 6.92 Å².